The molecule has 0 aliphatic heterocycles. The first kappa shape index (κ1) is 10.9. The van der Waals surface area contributed by atoms with Crippen molar-refractivity contribution in [3.8, 4) is 0 Å². The quantitative estimate of drug-likeness (QED) is 0.777. The first-order valence-electron chi connectivity index (χ1n) is 5.41. The van der Waals surface area contributed by atoms with Crippen LogP contribution >= 0.6 is 0 Å². The molecule has 0 amide bonds. The fourth-order valence-electron chi connectivity index (χ4n) is 1.38. The lowest BCUT2D eigenvalue weighted by Gasteiger charge is -2.08. The highest BCUT2D eigenvalue weighted by molar-refractivity contribution is 5.45. The van der Waals surface area contributed by atoms with Crippen molar-refractivity contribution in [3.63, 3.8) is 0 Å². The van der Waals surface area contributed by atoms with Gasteiger partial charge >= 0.3 is 0 Å². The Kier molecular flexibility index (Phi) is 3.36. The standard InChI is InChI=1S/C11H16N4O/c1-9(2)16-8-6-12-10-4-7-15-11(14-10)3-5-13-15/h3-5,7,9H,6,8H2,1-2H3,(H,12,14). The van der Waals surface area contributed by atoms with Gasteiger partial charge in [-0.15, -0.1) is 0 Å². The number of anilines is 1. The van der Waals surface area contributed by atoms with Crippen LogP contribution in [0.15, 0.2) is 24.5 Å². The van der Waals surface area contributed by atoms with Gasteiger partial charge in [-0.1, -0.05) is 0 Å². The van der Waals surface area contributed by atoms with Gasteiger partial charge in [-0.3, -0.25) is 0 Å². The Morgan fingerprint density at radius 2 is 2.31 bits per heavy atom. The Labute approximate surface area is 94.4 Å². The molecule has 0 aliphatic carbocycles. The number of fused-ring (bicyclic) bond motifs is 1. The number of hydrogen-bond donors (Lipinski definition) is 1. The molecule has 16 heavy (non-hydrogen) atoms. The molecule has 0 unspecified atom stereocenters. The fraction of sp³-hybridized carbons (Fsp3) is 0.455. The van der Waals surface area contributed by atoms with Gasteiger partial charge in [-0.2, -0.15) is 5.10 Å². The molecule has 2 aromatic heterocycles. The van der Waals surface area contributed by atoms with E-state index in [1.807, 2.05) is 32.2 Å². The zero-order valence-electron chi connectivity index (χ0n) is 9.55. The Hall–Kier alpha value is -1.62. The molecule has 0 saturated heterocycles. The highest BCUT2D eigenvalue weighted by Gasteiger charge is 1.98. The molecule has 0 radical (unpaired) electrons. The minimum absolute atomic E-state index is 0.270. The molecule has 86 valence electrons. The molecule has 0 fully saturated rings. The molecule has 2 rings (SSSR count). The van der Waals surface area contributed by atoms with E-state index in [1.165, 1.54) is 0 Å². The average Bonchev–Trinajstić information content (AvgIpc) is 2.71. The van der Waals surface area contributed by atoms with Crippen LogP contribution in [0.1, 0.15) is 13.8 Å². The van der Waals surface area contributed by atoms with E-state index < -0.39 is 0 Å². The Morgan fingerprint density at radius 1 is 1.44 bits per heavy atom. The second-order valence-corrected chi connectivity index (χ2v) is 3.79. The van der Waals surface area contributed by atoms with Crippen LogP contribution in [-0.2, 0) is 4.74 Å². The molecule has 0 aliphatic rings. The van der Waals surface area contributed by atoms with E-state index in [4.69, 9.17) is 4.74 Å². The molecule has 0 saturated carbocycles. The molecule has 5 heteroatoms. The van der Waals surface area contributed by atoms with E-state index in [-0.39, 0.29) is 6.10 Å². The maximum absolute atomic E-state index is 5.43. The third-order valence-electron chi connectivity index (χ3n) is 2.12. The van der Waals surface area contributed by atoms with Gasteiger partial charge in [-0.25, -0.2) is 9.50 Å². The Balaban J connectivity index is 1.89. The van der Waals surface area contributed by atoms with Crippen molar-refractivity contribution in [2.24, 2.45) is 0 Å². The molecule has 1 N–H and O–H groups in total. The van der Waals surface area contributed by atoms with Crippen LogP contribution in [0.2, 0.25) is 0 Å². The second-order valence-electron chi connectivity index (χ2n) is 3.79. The monoisotopic (exact) mass is 220 g/mol. The van der Waals surface area contributed by atoms with Crippen LogP contribution in [-0.4, -0.2) is 33.9 Å². The zero-order valence-corrected chi connectivity index (χ0v) is 9.55. The third-order valence-corrected chi connectivity index (χ3v) is 2.12. The summed E-state index contributed by atoms with van der Waals surface area (Å²) >= 11 is 0. The Morgan fingerprint density at radius 3 is 3.12 bits per heavy atom. The van der Waals surface area contributed by atoms with Gasteiger partial charge in [0.2, 0.25) is 0 Å². The van der Waals surface area contributed by atoms with Crippen LogP contribution in [0.3, 0.4) is 0 Å². The predicted octanol–water partition coefficient (Wildman–Crippen LogP) is 1.57. The maximum Gasteiger partial charge on any atom is 0.157 e. The molecule has 0 spiro atoms. The fourth-order valence-corrected chi connectivity index (χ4v) is 1.38. The Bertz CT molecular complexity index is 452. The smallest absolute Gasteiger partial charge is 0.157 e. The number of nitrogens with zero attached hydrogens (tertiary/aromatic N) is 3. The predicted molar refractivity (Wildman–Crippen MR) is 62.6 cm³/mol. The summed E-state index contributed by atoms with van der Waals surface area (Å²) in [5, 5.41) is 7.29. The van der Waals surface area contributed by atoms with Gasteiger partial charge in [0, 0.05) is 18.8 Å². The van der Waals surface area contributed by atoms with E-state index in [0.29, 0.717) is 6.61 Å². The minimum Gasteiger partial charge on any atom is -0.377 e. The maximum atomic E-state index is 5.43. The molecule has 0 atom stereocenters. The van der Waals surface area contributed by atoms with Crippen molar-refractivity contribution in [2.75, 3.05) is 18.5 Å². The second kappa shape index (κ2) is 4.94. The van der Waals surface area contributed by atoms with E-state index in [2.05, 4.69) is 15.4 Å². The van der Waals surface area contributed by atoms with Gasteiger partial charge in [0.05, 0.1) is 18.9 Å². The van der Waals surface area contributed by atoms with Gasteiger partial charge in [0.15, 0.2) is 5.65 Å². The highest BCUT2D eigenvalue weighted by atomic mass is 16.5. The molecule has 5 nitrogen and oxygen atoms in total. The van der Waals surface area contributed by atoms with Crippen molar-refractivity contribution < 1.29 is 4.74 Å². The van der Waals surface area contributed by atoms with Crippen LogP contribution in [0.25, 0.3) is 5.65 Å². The number of hydrogen-bond acceptors (Lipinski definition) is 4. The lowest BCUT2D eigenvalue weighted by molar-refractivity contribution is 0.0870. The summed E-state index contributed by atoms with van der Waals surface area (Å²) in [6, 6.07) is 3.77. The molecule has 0 bridgehead atoms. The van der Waals surface area contributed by atoms with E-state index in [1.54, 1.807) is 10.7 Å². The van der Waals surface area contributed by atoms with Crippen molar-refractivity contribution in [1.29, 1.82) is 0 Å². The summed E-state index contributed by atoms with van der Waals surface area (Å²) in [5.74, 6) is 0.848. The number of nitrogens with one attached hydrogen (secondary N) is 1. The van der Waals surface area contributed by atoms with Gasteiger partial charge in [0.1, 0.15) is 5.82 Å². The molecule has 0 aromatic carbocycles. The first-order valence-corrected chi connectivity index (χ1v) is 5.41. The van der Waals surface area contributed by atoms with Gasteiger partial charge in [0.25, 0.3) is 0 Å². The number of rotatable bonds is 5. The zero-order chi connectivity index (χ0) is 11.4. The number of aromatic nitrogens is 3. The van der Waals surface area contributed by atoms with Crippen LogP contribution in [0, 0.1) is 0 Å². The average molecular weight is 220 g/mol. The minimum atomic E-state index is 0.270. The summed E-state index contributed by atoms with van der Waals surface area (Å²) < 4.78 is 7.16. The molecular weight excluding hydrogens is 204 g/mol. The van der Waals surface area contributed by atoms with E-state index in [9.17, 15) is 0 Å². The normalized spacial score (nSPS) is 11.2. The summed E-state index contributed by atoms with van der Waals surface area (Å²) in [7, 11) is 0. The lowest BCUT2D eigenvalue weighted by atomic mass is 10.5. The summed E-state index contributed by atoms with van der Waals surface area (Å²) in [5.41, 5.74) is 0.842. The topological polar surface area (TPSA) is 51.5 Å². The van der Waals surface area contributed by atoms with Gasteiger partial charge < -0.3 is 10.1 Å². The van der Waals surface area contributed by atoms with Crippen molar-refractivity contribution in [2.45, 2.75) is 20.0 Å². The van der Waals surface area contributed by atoms with Crippen LogP contribution < -0.4 is 5.32 Å². The summed E-state index contributed by atoms with van der Waals surface area (Å²) in [4.78, 5) is 4.39. The first-order chi connectivity index (χ1) is 7.75. The molecule has 2 heterocycles. The summed E-state index contributed by atoms with van der Waals surface area (Å²) in [6.45, 7) is 5.49. The third kappa shape index (κ3) is 2.70. The van der Waals surface area contributed by atoms with Crippen molar-refractivity contribution in [1.82, 2.24) is 14.6 Å². The molecule has 2 aromatic rings. The van der Waals surface area contributed by atoms with Gasteiger partial charge in [-0.05, 0) is 19.9 Å². The number of ether oxygens (including phenoxy) is 1. The van der Waals surface area contributed by atoms with E-state index in [0.717, 1.165) is 18.0 Å². The van der Waals surface area contributed by atoms with Crippen molar-refractivity contribution >= 4 is 11.5 Å². The highest BCUT2D eigenvalue weighted by Crippen LogP contribution is 2.05. The van der Waals surface area contributed by atoms with E-state index >= 15 is 0 Å². The largest absolute Gasteiger partial charge is 0.377 e. The van der Waals surface area contributed by atoms with Crippen LogP contribution in [0.5, 0.6) is 0 Å². The van der Waals surface area contributed by atoms with Crippen LogP contribution in [0.4, 0.5) is 5.82 Å². The lowest BCUT2D eigenvalue weighted by Crippen LogP contribution is -2.13. The molecular formula is C11H16N4O. The van der Waals surface area contributed by atoms with Crippen molar-refractivity contribution in [3.05, 3.63) is 24.5 Å². The summed E-state index contributed by atoms with van der Waals surface area (Å²) in [6.07, 6.45) is 3.88. The SMILES string of the molecule is CC(C)OCCNc1ccn2nccc2n1.